The second-order valence-electron chi connectivity index (χ2n) is 4.06. The van der Waals surface area contributed by atoms with Crippen molar-refractivity contribution in [2.24, 2.45) is 0 Å². The van der Waals surface area contributed by atoms with Gasteiger partial charge in [0.1, 0.15) is 0 Å². The molecule has 0 bridgehead atoms. The maximum atomic E-state index is 10.9. The lowest BCUT2D eigenvalue weighted by Gasteiger charge is -2.09. The fourth-order valence-corrected chi connectivity index (χ4v) is 2.18. The number of carboxylic acids is 1. The van der Waals surface area contributed by atoms with Gasteiger partial charge in [-0.25, -0.2) is 4.79 Å². The number of hydrogen-bond donors (Lipinski definition) is 1. The zero-order valence-electron chi connectivity index (χ0n) is 8.86. The largest absolute Gasteiger partial charge is 0.475 e. The van der Waals surface area contributed by atoms with Crippen LogP contribution in [-0.4, -0.2) is 41.3 Å². The van der Waals surface area contributed by atoms with Crippen LogP contribution in [-0.2, 0) is 0 Å². The molecule has 1 unspecified atom stereocenters. The molecule has 1 N–H and O–H groups in total. The molecule has 15 heavy (non-hydrogen) atoms. The summed E-state index contributed by atoms with van der Waals surface area (Å²) in [6, 6.07) is 0. The summed E-state index contributed by atoms with van der Waals surface area (Å²) in [5.74, 6) is -0.777. The van der Waals surface area contributed by atoms with Crippen LogP contribution in [0.1, 0.15) is 34.2 Å². The Bertz CT molecular complexity index is 386. The van der Waals surface area contributed by atoms with E-state index < -0.39 is 5.97 Å². The SMILES string of the molecule is Cc1noc(C(=O)O)c1C1CCN(C)C1. The highest BCUT2D eigenvalue weighted by molar-refractivity contribution is 5.86. The van der Waals surface area contributed by atoms with Gasteiger partial charge in [-0.1, -0.05) is 5.16 Å². The molecule has 82 valence electrons. The average molecular weight is 210 g/mol. The summed E-state index contributed by atoms with van der Waals surface area (Å²) in [6.07, 6.45) is 0.971. The molecule has 0 aromatic carbocycles. The first-order valence-corrected chi connectivity index (χ1v) is 4.97. The summed E-state index contributed by atoms with van der Waals surface area (Å²) in [6.45, 7) is 3.67. The Morgan fingerprint density at radius 2 is 2.40 bits per heavy atom. The number of hydrogen-bond acceptors (Lipinski definition) is 4. The predicted octanol–water partition coefficient (Wildman–Crippen LogP) is 1.10. The lowest BCUT2D eigenvalue weighted by Crippen LogP contribution is -2.14. The standard InChI is InChI=1S/C10H14N2O3/c1-6-8(7-3-4-12(2)5-7)9(10(13)14)15-11-6/h7H,3-5H2,1-2H3,(H,13,14). The van der Waals surface area contributed by atoms with Gasteiger partial charge in [-0.05, 0) is 26.9 Å². The number of aromatic carboxylic acids is 1. The lowest BCUT2D eigenvalue weighted by atomic mass is 9.96. The number of likely N-dealkylation sites (tertiary alicyclic amines) is 1. The molecule has 0 aliphatic carbocycles. The smallest absolute Gasteiger partial charge is 0.375 e. The second-order valence-corrected chi connectivity index (χ2v) is 4.06. The first kappa shape index (κ1) is 10.2. The molecule has 0 amide bonds. The van der Waals surface area contributed by atoms with Crippen molar-refractivity contribution in [2.75, 3.05) is 20.1 Å². The molecule has 1 aromatic rings. The van der Waals surface area contributed by atoms with E-state index >= 15 is 0 Å². The Morgan fingerprint density at radius 1 is 1.67 bits per heavy atom. The van der Waals surface area contributed by atoms with Gasteiger partial charge in [0.05, 0.1) is 5.69 Å². The van der Waals surface area contributed by atoms with Crippen LogP contribution in [0, 0.1) is 6.92 Å². The first-order chi connectivity index (χ1) is 7.09. The van der Waals surface area contributed by atoms with Gasteiger partial charge in [0.15, 0.2) is 0 Å². The summed E-state index contributed by atoms with van der Waals surface area (Å²) >= 11 is 0. The van der Waals surface area contributed by atoms with Crippen molar-refractivity contribution in [1.29, 1.82) is 0 Å². The van der Waals surface area contributed by atoms with Gasteiger partial charge in [0, 0.05) is 18.0 Å². The molecule has 2 rings (SSSR count). The number of aromatic nitrogens is 1. The Morgan fingerprint density at radius 3 is 2.93 bits per heavy atom. The van der Waals surface area contributed by atoms with Gasteiger partial charge in [-0.15, -0.1) is 0 Å². The molecule has 0 radical (unpaired) electrons. The Balaban J connectivity index is 2.34. The lowest BCUT2D eigenvalue weighted by molar-refractivity contribution is 0.0649. The third-order valence-electron chi connectivity index (χ3n) is 2.90. The summed E-state index contributed by atoms with van der Waals surface area (Å²) in [5, 5.41) is 12.7. The van der Waals surface area contributed by atoms with Gasteiger partial charge >= 0.3 is 5.97 Å². The molecule has 1 atom stereocenters. The van der Waals surface area contributed by atoms with Crippen LogP contribution in [0.3, 0.4) is 0 Å². The Hall–Kier alpha value is -1.36. The van der Waals surface area contributed by atoms with E-state index in [0.717, 1.165) is 25.1 Å². The van der Waals surface area contributed by atoms with E-state index in [2.05, 4.69) is 10.1 Å². The van der Waals surface area contributed by atoms with Gasteiger partial charge in [0.25, 0.3) is 0 Å². The van der Waals surface area contributed by atoms with Gasteiger partial charge in [-0.2, -0.15) is 0 Å². The fourth-order valence-electron chi connectivity index (χ4n) is 2.18. The molecular weight excluding hydrogens is 196 g/mol. The number of carbonyl (C=O) groups is 1. The van der Waals surface area contributed by atoms with Crippen molar-refractivity contribution in [3.05, 3.63) is 17.0 Å². The highest BCUT2D eigenvalue weighted by Crippen LogP contribution is 2.31. The molecule has 1 fully saturated rings. The van der Waals surface area contributed by atoms with Crippen molar-refractivity contribution in [3.63, 3.8) is 0 Å². The summed E-state index contributed by atoms with van der Waals surface area (Å²) in [7, 11) is 2.03. The third kappa shape index (κ3) is 1.74. The van der Waals surface area contributed by atoms with E-state index in [0.29, 0.717) is 5.69 Å². The summed E-state index contributed by atoms with van der Waals surface area (Å²) in [4.78, 5) is 13.1. The second kappa shape index (κ2) is 3.66. The van der Waals surface area contributed by atoms with Crippen LogP contribution in [0.5, 0.6) is 0 Å². The number of carboxylic acid groups (broad SMARTS) is 1. The number of nitrogens with zero attached hydrogens (tertiary/aromatic N) is 2. The van der Waals surface area contributed by atoms with E-state index in [1.165, 1.54) is 0 Å². The minimum absolute atomic E-state index is 0.00722. The van der Waals surface area contributed by atoms with Crippen LogP contribution >= 0.6 is 0 Å². The van der Waals surface area contributed by atoms with E-state index in [1.54, 1.807) is 6.92 Å². The quantitative estimate of drug-likeness (QED) is 0.791. The fraction of sp³-hybridized carbons (Fsp3) is 0.600. The minimum atomic E-state index is -1.03. The molecule has 1 aromatic heterocycles. The molecule has 1 aliphatic heterocycles. The van der Waals surface area contributed by atoms with E-state index in [1.807, 2.05) is 7.05 Å². The monoisotopic (exact) mass is 210 g/mol. The van der Waals surface area contributed by atoms with Crippen molar-refractivity contribution in [1.82, 2.24) is 10.1 Å². The van der Waals surface area contributed by atoms with Crippen molar-refractivity contribution in [2.45, 2.75) is 19.3 Å². The summed E-state index contributed by atoms with van der Waals surface area (Å²) < 4.78 is 4.84. The van der Waals surface area contributed by atoms with Gasteiger partial charge in [0.2, 0.25) is 5.76 Å². The van der Waals surface area contributed by atoms with E-state index in [9.17, 15) is 4.79 Å². The highest BCUT2D eigenvalue weighted by Gasteiger charge is 2.30. The van der Waals surface area contributed by atoms with Gasteiger partial charge in [-0.3, -0.25) is 0 Å². The molecule has 0 spiro atoms. The zero-order valence-corrected chi connectivity index (χ0v) is 8.86. The molecular formula is C10H14N2O3. The third-order valence-corrected chi connectivity index (χ3v) is 2.90. The maximum absolute atomic E-state index is 10.9. The van der Waals surface area contributed by atoms with Crippen LogP contribution in [0.4, 0.5) is 0 Å². The van der Waals surface area contributed by atoms with E-state index in [-0.39, 0.29) is 11.7 Å². The first-order valence-electron chi connectivity index (χ1n) is 4.97. The Kier molecular flexibility index (Phi) is 2.48. The van der Waals surface area contributed by atoms with Crippen LogP contribution < -0.4 is 0 Å². The minimum Gasteiger partial charge on any atom is -0.475 e. The van der Waals surface area contributed by atoms with Crippen LogP contribution in [0.2, 0.25) is 0 Å². The number of likely N-dealkylation sites (N-methyl/N-ethyl adjacent to an activating group) is 1. The average Bonchev–Trinajstić information content (AvgIpc) is 2.71. The number of aryl methyl sites for hydroxylation is 1. The van der Waals surface area contributed by atoms with E-state index in [4.69, 9.17) is 9.63 Å². The van der Waals surface area contributed by atoms with Crippen molar-refractivity contribution in [3.8, 4) is 0 Å². The van der Waals surface area contributed by atoms with Crippen molar-refractivity contribution < 1.29 is 14.4 Å². The normalized spacial score (nSPS) is 22.1. The number of rotatable bonds is 2. The molecule has 2 heterocycles. The molecule has 5 heteroatoms. The van der Waals surface area contributed by atoms with Crippen molar-refractivity contribution >= 4 is 5.97 Å². The maximum Gasteiger partial charge on any atom is 0.375 e. The highest BCUT2D eigenvalue weighted by atomic mass is 16.5. The van der Waals surface area contributed by atoms with Gasteiger partial charge < -0.3 is 14.5 Å². The predicted molar refractivity (Wildman–Crippen MR) is 53.1 cm³/mol. The topological polar surface area (TPSA) is 66.6 Å². The Labute approximate surface area is 87.7 Å². The molecule has 5 nitrogen and oxygen atoms in total. The van der Waals surface area contributed by atoms with Crippen LogP contribution in [0.15, 0.2) is 4.52 Å². The zero-order chi connectivity index (χ0) is 11.0. The summed E-state index contributed by atoms with van der Waals surface area (Å²) in [5.41, 5.74) is 1.47. The van der Waals surface area contributed by atoms with Crippen LogP contribution in [0.25, 0.3) is 0 Å². The molecule has 0 saturated carbocycles. The molecule has 1 aliphatic rings. The molecule has 1 saturated heterocycles.